The molecule has 8 rings (SSSR count). The Bertz CT molecular complexity index is 1900. The van der Waals surface area contributed by atoms with Crippen LogP contribution in [0.1, 0.15) is 76.3 Å². The molecule has 4 heterocycles. The van der Waals surface area contributed by atoms with Crippen LogP contribution in [0.3, 0.4) is 0 Å². The van der Waals surface area contributed by atoms with Gasteiger partial charge in [0.25, 0.3) is 0 Å². The van der Waals surface area contributed by atoms with E-state index in [0.717, 1.165) is 73.9 Å². The molecular formula is C36H46N12O4S2. The Morgan fingerprint density at radius 1 is 0.685 bits per heavy atom. The van der Waals surface area contributed by atoms with Crippen LogP contribution in [0.4, 0.5) is 23.5 Å². The Hall–Kier alpha value is -4.58. The van der Waals surface area contributed by atoms with Crippen molar-refractivity contribution in [1.29, 1.82) is 0 Å². The van der Waals surface area contributed by atoms with Gasteiger partial charge in [0.05, 0.1) is 38.0 Å². The molecule has 4 aromatic heterocycles. The lowest BCUT2D eigenvalue weighted by atomic mass is 10.1. The smallest absolute Gasteiger partial charge is 0.305 e. The van der Waals surface area contributed by atoms with Crippen LogP contribution in [-0.4, -0.2) is 87.8 Å². The first-order chi connectivity index (χ1) is 26.4. The Morgan fingerprint density at radius 3 is 1.56 bits per heavy atom. The molecule has 2 unspecified atom stereocenters. The number of nitrogens with zero attached hydrogens (tertiary/aromatic N) is 8. The highest BCUT2D eigenvalue weighted by Crippen LogP contribution is 2.35. The summed E-state index contributed by atoms with van der Waals surface area (Å²) >= 11 is 0. The quantitative estimate of drug-likeness (QED) is 0.0415. The average Bonchev–Trinajstić information content (AvgIpc) is 3.88. The first kappa shape index (κ1) is 36.4. The minimum atomic E-state index is -0.180. The Balaban J connectivity index is 0.660. The number of esters is 2. The van der Waals surface area contributed by atoms with Crippen molar-refractivity contribution in [2.45, 2.75) is 88.4 Å². The molecule has 0 saturated heterocycles. The second-order valence-electron chi connectivity index (χ2n) is 14.5. The highest BCUT2D eigenvalue weighted by atomic mass is 33.1. The minimum absolute atomic E-state index is 0.0596. The van der Waals surface area contributed by atoms with Gasteiger partial charge in [-0.2, -0.15) is 19.9 Å². The molecule has 16 nitrogen and oxygen atoms in total. The minimum Gasteiger partial charge on any atom is -0.465 e. The third kappa shape index (κ3) is 9.02. The van der Waals surface area contributed by atoms with E-state index < -0.39 is 0 Å². The van der Waals surface area contributed by atoms with Gasteiger partial charge in [-0.05, 0) is 51.4 Å². The number of imidazole rings is 2. The number of aromatic nitrogens is 8. The molecule has 286 valence electrons. The molecule has 2 saturated carbocycles. The molecule has 0 aromatic carbocycles. The van der Waals surface area contributed by atoms with Gasteiger partial charge in [-0.15, -0.1) is 0 Å². The fraction of sp³-hybridized carbons (Fsp3) is 0.556. The number of carbonyl (C=O) groups is 2. The first-order valence-corrected chi connectivity index (χ1v) is 21.3. The average molecular weight is 775 g/mol. The van der Waals surface area contributed by atoms with E-state index in [0.29, 0.717) is 61.1 Å². The maximum absolute atomic E-state index is 12.4. The van der Waals surface area contributed by atoms with Gasteiger partial charge < -0.3 is 40.7 Å². The summed E-state index contributed by atoms with van der Waals surface area (Å²) in [4.78, 5) is 51.6. The zero-order valence-corrected chi connectivity index (χ0v) is 31.6. The van der Waals surface area contributed by atoms with Crippen molar-refractivity contribution in [1.82, 2.24) is 39.0 Å². The Morgan fingerprint density at radius 2 is 1.13 bits per heavy atom. The number of ether oxygens (including phenoxy) is 2. The van der Waals surface area contributed by atoms with Crippen LogP contribution in [0.25, 0.3) is 22.3 Å². The standard InChI is InChI=1S/C36H46N12O4S2/c37-35-43-31(41-23-7-8-23)29-33(45-35)47(19-39-29)25-11-5-21(15-25)17-51-27(49)3-1-13-53-54-14-2-4-28(50)52-18-22-6-12-26(16-22)48-20-40-30-32(42-24-9-10-24)44-36(38)46-34(30)48/h5-6,11-12,19-26H,1-4,7-10,13-18H2,(H3,37,41,43,45)(H3,38,42,44,46)/t21-,22-,25?,26?/m1/s1. The van der Waals surface area contributed by atoms with Crippen LogP contribution in [-0.2, 0) is 19.1 Å². The molecule has 6 N–H and O–H groups in total. The number of allylic oxidation sites excluding steroid dienone is 2. The van der Waals surface area contributed by atoms with Gasteiger partial charge >= 0.3 is 11.9 Å². The third-order valence-corrected chi connectivity index (χ3v) is 12.5. The van der Waals surface area contributed by atoms with Gasteiger partial charge in [0, 0.05) is 48.3 Å². The van der Waals surface area contributed by atoms with Crippen LogP contribution in [0.2, 0.25) is 0 Å². The van der Waals surface area contributed by atoms with E-state index in [2.05, 4.69) is 64.8 Å². The number of carbonyl (C=O) groups excluding carboxylic acids is 2. The molecule has 54 heavy (non-hydrogen) atoms. The van der Waals surface area contributed by atoms with E-state index in [1.807, 2.05) is 9.13 Å². The molecule has 0 radical (unpaired) electrons. The number of nitrogen functional groups attached to an aromatic ring is 2. The van der Waals surface area contributed by atoms with Gasteiger partial charge in [0.2, 0.25) is 11.9 Å². The van der Waals surface area contributed by atoms with Gasteiger partial charge in [-0.3, -0.25) is 9.59 Å². The zero-order valence-electron chi connectivity index (χ0n) is 30.0. The predicted molar refractivity (Wildman–Crippen MR) is 211 cm³/mol. The summed E-state index contributed by atoms with van der Waals surface area (Å²) in [5, 5.41) is 6.79. The van der Waals surface area contributed by atoms with Gasteiger partial charge in [0.15, 0.2) is 34.0 Å². The van der Waals surface area contributed by atoms with Crippen molar-refractivity contribution >= 4 is 79.4 Å². The summed E-state index contributed by atoms with van der Waals surface area (Å²) in [6.45, 7) is 0.705. The number of rotatable bonds is 19. The van der Waals surface area contributed by atoms with Crippen molar-refractivity contribution in [2.75, 3.05) is 46.8 Å². The van der Waals surface area contributed by atoms with Crippen LogP contribution < -0.4 is 22.1 Å². The maximum Gasteiger partial charge on any atom is 0.305 e. The molecule has 0 aliphatic heterocycles. The molecule has 2 fully saturated rings. The topological polar surface area (TPSA) is 216 Å². The first-order valence-electron chi connectivity index (χ1n) is 18.8. The fourth-order valence-electron chi connectivity index (χ4n) is 6.77. The number of hydrogen-bond acceptors (Lipinski definition) is 16. The van der Waals surface area contributed by atoms with E-state index >= 15 is 0 Å². The number of hydrogen-bond donors (Lipinski definition) is 4. The van der Waals surface area contributed by atoms with Crippen molar-refractivity contribution in [3.8, 4) is 0 Å². The lowest BCUT2D eigenvalue weighted by Crippen LogP contribution is -2.14. The number of nitrogens with one attached hydrogen (secondary N) is 2. The number of fused-ring (bicyclic) bond motifs is 2. The van der Waals surface area contributed by atoms with Gasteiger partial charge in [-0.25, -0.2) is 9.97 Å². The van der Waals surface area contributed by atoms with Crippen LogP contribution in [0.15, 0.2) is 37.0 Å². The number of nitrogens with two attached hydrogens (primary N) is 2. The van der Waals surface area contributed by atoms with Gasteiger partial charge in [-0.1, -0.05) is 45.9 Å². The van der Waals surface area contributed by atoms with Crippen molar-refractivity contribution in [3.63, 3.8) is 0 Å². The van der Waals surface area contributed by atoms with E-state index in [9.17, 15) is 9.59 Å². The fourth-order valence-corrected chi connectivity index (χ4v) is 8.95. The molecule has 0 amide bonds. The normalized spacial score (nSPS) is 22.0. The molecule has 4 aromatic rings. The lowest BCUT2D eigenvalue weighted by molar-refractivity contribution is -0.145. The molecule has 0 bridgehead atoms. The van der Waals surface area contributed by atoms with Crippen molar-refractivity contribution in [2.24, 2.45) is 11.8 Å². The molecule has 4 aliphatic rings. The van der Waals surface area contributed by atoms with Crippen LogP contribution in [0.5, 0.6) is 0 Å². The maximum atomic E-state index is 12.4. The second-order valence-corrected chi connectivity index (χ2v) is 17.2. The van der Waals surface area contributed by atoms with Crippen molar-refractivity contribution < 1.29 is 19.1 Å². The summed E-state index contributed by atoms with van der Waals surface area (Å²) in [5.41, 5.74) is 14.9. The summed E-state index contributed by atoms with van der Waals surface area (Å²) in [5.74, 6) is 3.39. The summed E-state index contributed by atoms with van der Waals surface area (Å²) in [6, 6.07) is 0.976. The Labute approximate surface area is 320 Å². The molecule has 0 spiro atoms. The SMILES string of the molecule is Nc1nc(NC2CC2)c2ncn(C3C=C[C@@H](COC(=O)CCCSSCCCC(=O)OC[C@@H]4C=CC(n5cnc6c(NC7CC7)nc(N)nc65)C4)C3)c2n1. The Kier molecular flexibility index (Phi) is 11.1. The van der Waals surface area contributed by atoms with E-state index in [1.165, 1.54) is 0 Å². The molecule has 4 aliphatic carbocycles. The highest BCUT2D eigenvalue weighted by molar-refractivity contribution is 8.76. The molecule has 18 heteroatoms. The predicted octanol–water partition coefficient (Wildman–Crippen LogP) is 5.24. The monoisotopic (exact) mass is 774 g/mol. The zero-order chi connectivity index (χ0) is 37.0. The van der Waals surface area contributed by atoms with E-state index in [-0.39, 0.29) is 47.8 Å². The van der Waals surface area contributed by atoms with Gasteiger partial charge in [0.1, 0.15) is 0 Å². The number of anilines is 4. The van der Waals surface area contributed by atoms with Crippen LogP contribution >= 0.6 is 21.6 Å². The molecule has 4 atom stereocenters. The molecular weight excluding hydrogens is 729 g/mol. The van der Waals surface area contributed by atoms with E-state index in [1.54, 1.807) is 34.2 Å². The van der Waals surface area contributed by atoms with Crippen molar-refractivity contribution in [3.05, 3.63) is 37.0 Å². The second kappa shape index (κ2) is 16.4. The highest BCUT2D eigenvalue weighted by Gasteiger charge is 2.29. The third-order valence-electron chi connectivity index (χ3n) is 9.95. The summed E-state index contributed by atoms with van der Waals surface area (Å²) < 4.78 is 15.2. The summed E-state index contributed by atoms with van der Waals surface area (Å²) in [7, 11) is 3.43. The lowest BCUT2D eigenvalue weighted by Gasteiger charge is -2.15. The summed E-state index contributed by atoms with van der Waals surface area (Å²) in [6.07, 6.45) is 20.3. The van der Waals surface area contributed by atoms with Crippen LogP contribution in [0, 0.1) is 11.8 Å². The van der Waals surface area contributed by atoms with E-state index in [4.69, 9.17) is 20.9 Å². The largest absolute Gasteiger partial charge is 0.465 e.